The van der Waals surface area contributed by atoms with Gasteiger partial charge in [0, 0.05) is 24.5 Å². The summed E-state index contributed by atoms with van der Waals surface area (Å²) in [7, 11) is 3.02. The average Bonchev–Trinajstić information content (AvgIpc) is 2.60. The highest BCUT2D eigenvalue weighted by Gasteiger charge is 2.41. The topological polar surface area (TPSA) is 73.5 Å². The van der Waals surface area contributed by atoms with E-state index in [0.29, 0.717) is 28.4 Å². The maximum absolute atomic E-state index is 12.8. The molecule has 0 amide bonds. The number of halogens is 3. The number of nitrogens with zero attached hydrogens (tertiary/aromatic N) is 3. The zero-order chi connectivity index (χ0) is 18.2. The van der Waals surface area contributed by atoms with Crippen LogP contribution in [0, 0.1) is 5.92 Å². The molecule has 2 aromatic rings. The van der Waals surface area contributed by atoms with Crippen LogP contribution in [-0.2, 0) is 0 Å². The van der Waals surface area contributed by atoms with Crippen molar-refractivity contribution in [3.63, 3.8) is 0 Å². The summed E-state index contributed by atoms with van der Waals surface area (Å²) >= 11 is 0. The normalized spacial score (nSPS) is 16.3. The van der Waals surface area contributed by atoms with E-state index in [-0.39, 0.29) is 31.7 Å². The van der Waals surface area contributed by atoms with Gasteiger partial charge in [0.2, 0.25) is 5.95 Å². The van der Waals surface area contributed by atoms with Crippen molar-refractivity contribution in [2.45, 2.75) is 19.0 Å². The number of alkyl halides is 3. The molecule has 0 unspecified atom stereocenters. The van der Waals surface area contributed by atoms with Crippen molar-refractivity contribution < 1.29 is 22.6 Å². The number of hydrogen-bond acceptors (Lipinski definition) is 6. The van der Waals surface area contributed by atoms with Gasteiger partial charge in [-0.15, -0.1) is 0 Å². The average molecular weight is 356 g/mol. The van der Waals surface area contributed by atoms with Crippen molar-refractivity contribution >= 4 is 22.7 Å². The second kappa shape index (κ2) is 6.45. The Hall–Kier alpha value is -2.45. The van der Waals surface area contributed by atoms with Gasteiger partial charge in [0.1, 0.15) is 5.82 Å². The molecule has 0 bridgehead atoms. The molecule has 6 nitrogen and oxygen atoms in total. The SMILES string of the molecule is COc1cc2nc(N3CCC(C(F)(F)F)CC3)nc(N)c2cc1OC. The molecular weight excluding hydrogens is 337 g/mol. The molecule has 1 aliphatic rings. The van der Waals surface area contributed by atoms with Gasteiger partial charge in [0.05, 0.1) is 25.7 Å². The summed E-state index contributed by atoms with van der Waals surface area (Å²) in [5.41, 5.74) is 6.58. The van der Waals surface area contributed by atoms with Crippen LogP contribution in [0.2, 0.25) is 0 Å². The smallest absolute Gasteiger partial charge is 0.391 e. The summed E-state index contributed by atoms with van der Waals surface area (Å²) in [6.45, 7) is 0.477. The van der Waals surface area contributed by atoms with E-state index in [1.54, 1.807) is 17.0 Å². The van der Waals surface area contributed by atoms with Crippen LogP contribution in [0.3, 0.4) is 0 Å². The molecule has 1 aliphatic heterocycles. The van der Waals surface area contributed by atoms with Crippen molar-refractivity contribution in [1.82, 2.24) is 9.97 Å². The Morgan fingerprint density at radius 1 is 1.08 bits per heavy atom. The largest absolute Gasteiger partial charge is 0.493 e. The van der Waals surface area contributed by atoms with Crippen molar-refractivity contribution in [2.75, 3.05) is 37.9 Å². The van der Waals surface area contributed by atoms with Crippen LogP contribution in [0.5, 0.6) is 11.5 Å². The Morgan fingerprint density at radius 2 is 1.68 bits per heavy atom. The Kier molecular flexibility index (Phi) is 4.49. The zero-order valence-electron chi connectivity index (χ0n) is 13.9. The fourth-order valence-electron chi connectivity index (χ4n) is 3.01. The molecule has 9 heteroatoms. The number of ether oxygens (including phenoxy) is 2. The molecule has 1 saturated heterocycles. The van der Waals surface area contributed by atoms with E-state index < -0.39 is 12.1 Å². The first-order valence-corrected chi connectivity index (χ1v) is 7.84. The maximum Gasteiger partial charge on any atom is 0.391 e. The molecule has 0 radical (unpaired) electrons. The lowest BCUT2D eigenvalue weighted by atomic mass is 9.96. The fourth-order valence-corrected chi connectivity index (χ4v) is 3.01. The number of rotatable bonds is 3. The predicted octanol–water partition coefficient (Wildman–Crippen LogP) is 3.01. The van der Waals surface area contributed by atoms with Gasteiger partial charge in [-0.2, -0.15) is 18.2 Å². The number of methoxy groups -OCH3 is 2. The first kappa shape index (κ1) is 17.4. The molecule has 3 rings (SSSR count). The molecule has 1 fully saturated rings. The van der Waals surface area contributed by atoms with Gasteiger partial charge in [0.15, 0.2) is 11.5 Å². The Morgan fingerprint density at radius 3 is 2.24 bits per heavy atom. The van der Waals surface area contributed by atoms with E-state index in [2.05, 4.69) is 9.97 Å². The Bertz CT molecular complexity index is 774. The number of aromatic nitrogens is 2. The molecule has 0 saturated carbocycles. The summed E-state index contributed by atoms with van der Waals surface area (Å²) in [6, 6.07) is 3.36. The molecule has 0 spiro atoms. The van der Waals surface area contributed by atoms with E-state index in [9.17, 15) is 13.2 Å². The van der Waals surface area contributed by atoms with Crippen LogP contribution in [0.15, 0.2) is 12.1 Å². The van der Waals surface area contributed by atoms with E-state index in [4.69, 9.17) is 15.2 Å². The molecule has 1 aromatic heterocycles. The number of anilines is 2. The van der Waals surface area contributed by atoms with Crippen LogP contribution in [0.25, 0.3) is 10.9 Å². The van der Waals surface area contributed by atoms with Crippen LogP contribution < -0.4 is 20.1 Å². The molecule has 2 N–H and O–H groups in total. The van der Waals surface area contributed by atoms with Crippen LogP contribution in [-0.4, -0.2) is 43.5 Å². The molecule has 1 aromatic carbocycles. The molecule has 0 aliphatic carbocycles. The standard InChI is InChI=1S/C16H19F3N4O2/c1-24-12-7-10-11(8-13(12)25-2)21-15(22-14(10)20)23-5-3-9(4-6-23)16(17,18)19/h7-9H,3-6H2,1-2H3,(H2,20,21,22). The number of fused-ring (bicyclic) bond motifs is 1. The third-order valence-electron chi connectivity index (χ3n) is 4.46. The number of benzene rings is 1. The number of nitrogen functional groups attached to an aromatic ring is 1. The molecular formula is C16H19F3N4O2. The minimum atomic E-state index is -4.15. The third kappa shape index (κ3) is 3.35. The van der Waals surface area contributed by atoms with Gasteiger partial charge in [0.25, 0.3) is 0 Å². The van der Waals surface area contributed by atoms with Gasteiger partial charge >= 0.3 is 6.18 Å². The lowest BCUT2D eigenvalue weighted by Crippen LogP contribution is -2.39. The number of nitrogens with two attached hydrogens (primary N) is 1. The van der Waals surface area contributed by atoms with Gasteiger partial charge in [-0.3, -0.25) is 0 Å². The third-order valence-corrected chi connectivity index (χ3v) is 4.46. The molecule has 25 heavy (non-hydrogen) atoms. The van der Waals surface area contributed by atoms with E-state index in [1.807, 2.05) is 0 Å². The van der Waals surface area contributed by atoms with E-state index >= 15 is 0 Å². The number of piperidine rings is 1. The molecule has 136 valence electrons. The molecule has 0 atom stereocenters. The second-order valence-corrected chi connectivity index (χ2v) is 5.94. The summed E-state index contributed by atoms with van der Waals surface area (Å²) in [6.07, 6.45) is -4.10. The van der Waals surface area contributed by atoms with Crippen molar-refractivity contribution in [1.29, 1.82) is 0 Å². The maximum atomic E-state index is 12.8. The zero-order valence-corrected chi connectivity index (χ0v) is 13.9. The number of hydrogen-bond donors (Lipinski definition) is 1. The van der Waals surface area contributed by atoms with Gasteiger partial charge in [-0.05, 0) is 18.9 Å². The van der Waals surface area contributed by atoms with Crippen molar-refractivity contribution in [3.8, 4) is 11.5 Å². The van der Waals surface area contributed by atoms with Crippen LogP contribution in [0.1, 0.15) is 12.8 Å². The second-order valence-electron chi connectivity index (χ2n) is 5.94. The lowest BCUT2D eigenvalue weighted by Gasteiger charge is -2.33. The van der Waals surface area contributed by atoms with Crippen molar-refractivity contribution in [2.24, 2.45) is 5.92 Å². The summed E-state index contributed by atoms with van der Waals surface area (Å²) in [4.78, 5) is 10.4. The first-order valence-electron chi connectivity index (χ1n) is 7.84. The van der Waals surface area contributed by atoms with E-state index in [1.165, 1.54) is 14.2 Å². The highest BCUT2D eigenvalue weighted by Crippen LogP contribution is 2.37. The lowest BCUT2D eigenvalue weighted by molar-refractivity contribution is -0.179. The highest BCUT2D eigenvalue weighted by molar-refractivity contribution is 5.91. The van der Waals surface area contributed by atoms with Crippen molar-refractivity contribution in [3.05, 3.63) is 12.1 Å². The van der Waals surface area contributed by atoms with Gasteiger partial charge in [-0.25, -0.2) is 4.98 Å². The quantitative estimate of drug-likeness (QED) is 0.911. The minimum absolute atomic E-state index is 0.0245. The van der Waals surface area contributed by atoms with Gasteiger partial charge < -0.3 is 20.1 Å². The Labute approximate surface area is 142 Å². The summed E-state index contributed by atoms with van der Waals surface area (Å²) in [5, 5.41) is 0.603. The van der Waals surface area contributed by atoms with Gasteiger partial charge in [-0.1, -0.05) is 0 Å². The summed E-state index contributed by atoms with van der Waals surface area (Å²) in [5.74, 6) is 0.307. The Balaban J connectivity index is 1.91. The van der Waals surface area contributed by atoms with Crippen LogP contribution in [0.4, 0.5) is 24.9 Å². The predicted molar refractivity (Wildman–Crippen MR) is 88.0 cm³/mol. The molecule has 2 heterocycles. The van der Waals surface area contributed by atoms with Crippen LogP contribution >= 0.6 is 0 Å². The first-order chi connectivity index (χ1) is 11.8. The monoisotopic (exact) mass is 356 g/mol. The summed E-state index contributed by atoms with van der Waals surface area (Å²) < 4.78 is 48.9. The van der Waals surface area contributed by atoms with E-state index in [0.717, 1.165) is 0 Å². The fraction of sp³-hybridized carbons (Fsp3) is 0.500. The highest BCUT2D eigenvalue weighted by atomic mass is 19.4. The minimum Gasteiger partial charge on any atom is -0.493 e.